The Morgan fingerprint density at radius 3 is 2.07 bits per heavy atom. The van der Waals surface area contributed by atoms with Gasteiger partial charge in [0.2, 0.25) is 0 Å². The average Bonchev–Trinajstić information content (AvgIpc) is 3.08. The lowest BCUT2D eigenvalue weighted by Crippen LogP contribution is -2.34. The van der Waals surface area contributed by atoms with E-state index in [0.29, 0.717) is 6.04 Å². The molecule has 0 saturated carbocycles. The minimum Gasteiger partial charge on any atom is -0.484 e. The van der Waals surface area contributed by atoms with Crippen molar-refractivity contribution in [1.29, 1.82) is 0 Å². The molecule has 2 atom stereocenters. The Balaban J connectivity index is 1.58. The van der Waals surface area contributed by atoms with E-state index in [2.05, 4.69) is 112 Å². The molecule has 0 heterocycles. The van der Waals surface area contributed by atoms with Crippen molar-refractivity contribution >= 4 is 0 Å². The smallest absolute Gasteiger partial charge is 0.140 e. The summed E-state index contributed by atoms with van der Waals surface area (Å²) < 4.78 is 6.51. The highest BCUT2D eigenvalue weighted by Gasteiger charge is 2.35. The van der Waals surface area contributed by atoms with Crippen LogP contribution < -0.4 is 4.74 Å². The van der Waals surface area contributed by atoms with Crippen molar-refractivity contribution in [2.45, 2.75) is 37.8 Å². The molecular formula is C26H29NO. The van der Waals surface area contributed by atoms with E-state index in [-0.39, 0.29) is 11.5 Å². The fourth-order valence-electron chi connectivity index (χ4n) is 4.25. The maximum absolute atomic E-state index is 6.51. The number of fused-ring (bicyclic) bond motifs is 1. The third-order valence-corrected chi connectivity index (χ3v) is 6.14. The van der Waals surface area contributed by atoms with E-state index in [0.717, 1.165) is 12.2 Å². The van der Waals surface area contributed by atoms with Crippen LogP contribution in [-0.4, -0.2) is 25.0 Å². The van der Waals surface area contributed by atoms with Gasteiger partial charge in [0.05, 0.1) is 6.04 Å². The summed E-state index contributed by atoms with van der Waals surface area (Å²) in [5.41, 5.74) is 5.29. The first-order valence-corrected chi connectivity index (χ1v) is 10.0. The lowest BCUT2D eigenvalue weighted by Gasteiger charge is -2.28. The Bertz CT molecular complexity index is 928. The van der Waals surface area contributed by atoms with Gasteiger partial charge < -0.3 is 9.64 Å². The molecule has 0 bridgehead atoms. The molecule has 0 saturated heterocycles. The molecule has 4 rings (SSSR count). The Morgan fingerprint density at radius 1 is 0.786 bits per heavy atom. The highest BCUT2D eigenvalue weighted by atomic mass is 16.5. The van der Waals surface area contributed by atoms with Gasteiger partial charge in [0, 0.05) is 5.41 Å². The van der Waals surface area contributed by atoms with Crippen LogP contribution in [-0.2, 0) is 11.8 Å². The summed E-state index contributed by atoms with van der Waals surface area (Å²) >= 11 is 0. The van der Waals surface area contributed by atoms with Gasteiger partial charge in [-0.05, 0) is 54.9 Å². The predicted octanol–water partition coefficient (Wildman–Crippen LogP) is 5.62. The van der Waals surface area contributed by atoms with Crippen molar-refractivity contribution in [2.24, 2.45) is 0 Å². The molecule has 0 N–H and O–H groups in total. The van der Waals surface area contributed by atoms with Crippen LogP contribution in [0.2, 0.25) is 0 Å². The van der Waals surface area contributed by atoms with E-state index in [4.69, 9.17) is 4.74 Å². The van der Waals surface area contributed by atoms with Gasteiger partial charge in [0.1, 0.15) is 11.9 Å². The van der Waals surface area contributed by atoms with Crippen LogP contribution in [0.1, 0.15) is 42.2 Å². The predicted molar refractivity (Wildman–Crippen MR) is 116 cm³/mol. The van der Waals surface area contributed by atoms with Crippen LogP contribution in [0.3, 0.4) is 0 Å². The maximum atomic E-state index is 6.51. The molecule has 3 aromatic rings. The molecule has 0 unspecified atom stereocenters. The van der Waals surface area contributed by atoms with E-state index in [9.17, 15) is 0 Å². The van der Waals surface area contributed by atoms with Crippen LogP contribution >= 0.6 is 0 Å². The molecule has 1 aliphatic carbocycles. The maximum Gasteiger partial charge on any atom is 0.140 e. The monoisotopic (exact) mass is 371 g/mol. The quantitative estimate of drug-likeness (QED) is 0.577. The molecule has 0 fully saturated rings. The lowest BCUT2D eigenvalue weighted by molar-refractivity contribution is 0.111. The fourth-order valence-corrected chi connectivity index (χ4v) is 4.25. The fraction of sp³-hybridized carbons (Fsp3) is 0.308. The number of rotatable bonds is 5. The summed E-state index contributed by atoms with van der Waals surface area (Å²) in [5.74, 6) is 0.932. The number of likely N-dealkylation sites (N-methyl/N-ethyl adjacent to an activating group) is 1. The first-order chi connectivity index (χ1) is 13.5. The molecular weight excluding hydrogens is 342 g/mol. The van der Waals surface area contributed by atoms with Crippen molar-refractivity contribution in [3.8, 4) is 5.75 Å². The lowest BCUT2D eigenvalue weighted by atomic mass is 9.78. The Kier molecular flexibility index (Phi) is 4.99. The molecule has 0 aliphatic heterocycles. The van der Waals surface area contributed by atoms with Crippen LogP contribution in [0.25, 0.3) is 0 Å². The summed E-state index contributed by atoms with van der Waals surface area (Å²) in [6.07, 6.45) is 1.10. The summed E-state index contributed by atoms with van der Waals surface area (Å²) in [5, 5.41) is 0. The molecule has 28 heavy (non-hydrogen) atoms. The van der Waals surface area contributed by atoms with Crippen molar-refractivity contribution in [1.82, 2.24) is 4.90 Å². The minimum atomic E-state index is -0.0358. The second kappa shape index (κ2) is 7.44. The number of hydrogen-bond donors (Lipinski definition) is 0. The number of nitrogens with zero attached hydrogens (tertiary/aromatic N) is 1. The van der Waals surface area contributed by atoms with Crippen LogP contribution in [0.15, 0.2) is 78.9 Å². The van der Waals surface area contributed by atoms with Crippen LogP contribution in [0.4, 0.5) is 0 Å². The largest absolute Gasteiger partial charge is 0.484 e. The topological polar surface area (TPSA) is 12.5 Å². The molecule has 144 valence electrons. The van der Waals surface area contributed by atoms with E-state index in [1.165, 1.54) is 22.3 Å². The number of hydrogen-bond acceptors (Lipinski definition) is 2. The highest BCUT2D eigenvalue weighted by molar-refractivity contribution is 5.41. The third-order valence-electron chi connectivity index (χ3n) is 6.14. The normalized spacial score (nSPS) is 18.9. The molecule has 3 aromatic carbocycles. The van der Waals surface area contributed by atoms with Crippen molar-refractivity contribution < 1.29 is 4.74 Å². The summed E-state index contributed by atoms with van der Waals surface area (Å²) in [6, 6.07) is 28.3. The van der Waals surface area contributed by atoms with Gasteiger partial charge in [0.25, 0.3) is 0 Å². The zero-order chi connectivity index (χ0) is 19.7. The second-order valence-electron chi connectivity index (χ2n) is 8.49. The number of benzene rings is 3. The first kappa shape index (κ1) is 18.8. The molecule has 0 radical (unpaired) electrons. The average molecular weight is 372 g/mol. The Hall–Kier alpha value is -2.58. The third kappa shape index (κ3) is 3.45. The van der Waals surface area contributed by atoms with Gasteiger partial charge in [0.15, 0.2) is 0 Å². The minimum absolute atomic E-state index is 0.0358. The van der Waals surface area contributed by atoms with Crippen molar-refractivity contribution in [2.75, 3.05) is 14.1 Å². The van der Waals surface area contributed by atoms with Gasteiger partial charge >= 0.3 is 0 Å². The zero-order valence-electron chi connectivity index (χ0n) is 17.2. The van der Waals surface area contributed by atoms with E-state index in [1.807, 2.05) is 0 Å². The van der Waals surface area contributed by atoms with Crippen LogP contribution in [0, 0.1) is 0 Å². The van der Waals surface area contributed by atoms with E-state index < -0.39 is 0 Å². The molecule has 0 spiro atoms. The van der Waals surface area contributed by atoms with Gasteiger partial charge in [-0.15, -0.1) is 0 Å². The SMILES string of the molecule is CN(C)[C@@H]1Cc2ccccc2[C@@H]1Oc1ccc(C(C)(C)c2ccccc2)cc1. The standard InChI is InChI=1S/C26H29NO/c1-26(2,20-11-6-5-7-12-20)21-14-16-22(17-15-21)28-25-23-13-9-8-10-19(23)18-24(25)27(3)4/h5-17,24-25H,18H2,1-4H3/t24-,25+/m1/s1. The van der Waals surface area contributed by atoms with Gasteiger partial charge in [-0.25, -0.2) is 0 Å². The highest BCUT2D eigenvalue weighted by Crippen LogP contribution is 2.38. The molecule has 2 heteroatoms. The molecule has 0 amide bonds. The van der Waals surface area contributed by atoms with Gasteiger partial charge in [-0.2, -0.15) is 0 Å². The second-order valence-corrected chi connectivity index (χ2v) is 8.49. The van der Waals surface area contributed by atoms with Gasteiger partial charge in [-0.1, -0.05) is 80.6 Å². The van der Waals surface area contributed by atoms with Crippen molar-refractivity contribution in [3.63, 3.8) is 0 Å². The molecule has 0 aromatic heterocycles. The zero-order valence-corrected chi connectivity index (χ0v) is 17.2. The first-order valence-electron chi connectivity index (χ1n) is 10.0. The Labute approximate surface area is 168 Å². The molecule has 2 nitrogen and oxygen atoms in total. The summed E-state index contributed by atoms with van der Waals surface area (Å²) in [7, 11) is 4.27. The summed E-state index contributed by atoms with van der Waals surface area (Å²) in [6.45, 7) is 4.54. The van der Waals surface area contributed by atoms with Crippen molar-refractivity contribution in [3.05, 3.63) is 101 Å². The Morgan fingerprint density at radius 2 is 1.39 bits per heavy atom. The summed E-state index contributed by atoms with van der Waals surface area (Å²) in [4.78, 5) is 2.28. The van der Waals surface area contributed by atoms with Crippen LogP contribution in [0.5, 0.6) is 5.75 Å². The van der Waals surface area contributed by atoms with E-state index in [1.54, 1.807) is 0 Å². The molecule has 1 aliphatic rings. The number of ether oxygens (including phenoxy) is 1. The van der Waals surface area contributed by atoms with E-state index >= 15 is 0 Å². The van der Waals surface area contributed by atoms with Gasteiger partial charge in [-0.3, -0.25) is 0 Å².